The van der Waals surface area contributed by atoms with Gasteiger partial charge in [-0.25, -0.2) is 4.18 Å². The molecule has 33 heavy (non-hydrogen) atoms. The molecule has 0 saturated carbocycles. The number of unbranched alkanes of at least 4 members (excludes halogenated alkanes) is 12. The Morgan fingerprint density at radius 2 is 1.36 bits per heavy atom. The number of carboxylic acids is 1. The molecule has 2 unspecified atom stereocenters. The van der Waals surface area contributed by atoms with E-state index in [4.69, 9.17) is 9.29 Å². The summed E-state index contributed by atoms with van der Waals surface area (Å²) in [6, 6.07) is 0. The zero-order valence-electron chi connectivity index (χ0n) is 20.9. The van der Waals surface area contributed by atoms with Gasteiger partial charge in [0.05, 0.1) is 19.1 Å². The van der Waals surface area contributed by atoms with E-state index in [-0.39, 0.29) is 19.4 Å². The van der Waals surface area contributed by atoms with Crippen LogP contribution in [0.15, 0.2) is 12.2 Å². The molecule has 0 aromatic heterocycles. The summed E-state index contributed by atoms with van der Waals surface area (Å²) in [5, 5.41) is 18.6. The number of aliphatic hydroxyl groups is 1. The fraction of sp³-hybridized carbons (Fsp3) is 0.880. The number of hydrogen-bond acceptors (Lipinski definition) is 6. The van der Waals surface area contributed by atoms with Crippen LogP contribution in [-0.4, -0.2) is 44.4 Å². The molecule has 7 nitrogen and oxygen atoms in total. The first-order valence-corrected chi connectivity index (χ1v) is 14.2. The van der Waals surface area contributed by atoms with E-state index in [9.17, 15) is 18.3 Å². The van der Waals surface area contributed by atoms with Crippen molar-refractivity contribution < 1.29 is 31.8 Å². The van der Waals surface area contributed by atoms with Gasteiger partial charge in [-0.05, 0) is 44.9 Å². The second kappa shape index (κ2) is 21.6. The van der Waals surface area contributed by atoms with Crippen LogP contribution in [0.4, 0.5) is 0 Å². The topological polar surface area (TPSA) is 110 Å². The monoisotopic (exact) mass is 492 g/mol. The Morgan fingerprint density at radius 1 is 0.848 bits per heavy atom. The van der Waals surface area contributed by atoms with Gasteiger partial charge in [0.1, 0.15) is 0 Å². The highest BCUT2D eigenvalue weighted by Crippen LogP contribution is 2.22. The molecule has 2 N–H and O–H groups in total. The van der Waals surface area contributed by atoms with Crippen LogP contribution in [0, 0.1) is 5.92 Å². The summed E-state index contributed by atoms with van der Waals surface area (Å²) >= 11 is 0. The van der Waals surface area contributed by atoms with Crippen LogP contribution < -0.4 is 0 Å². The van der Waals surface area contributed by atoms with Crippen molar-refractivity contribution in [2.24, 2.45) is 5.92 Å². The summed E-state index contributed by atoms with van der Waals surface area (Å²) in [7, 11) is -3.19. The van der Waals surface area contributed by atoms with Gasteiger partial charge in [-0.2, -0.15) is 8.42 Å². The van der Waals surface area contributed by atoms with Crippen molar-refractivity contribution in [3.05, 3.63) is 12.2 Å². The lowest BCUT2D eigenvalue weighted by Gasteiger charge is -2.20. The van der Waals surface area contributed by atoms with E-state index in [1.165, 1.54) is 57.8 Å². The van der Waals surface area contributed by atoms with Gasteiger partial charge in [-0.1, -0.05) is 83.3 Å². The Balaban J connectivity index is 3.88. The minimum absolute atomic E-state index is 0.0313. The standard InChI is InChI=1S/C25H48O7S/c1-3-4-5-6-7-8-9-10-11-12-13-14-15-16-17-18-19-23(25(27)28)22-24(20-21-26)32-33(29,30)31-2/h10-11,23-24,26H,3-9,12-22H2,1-2H3,(H,27,28)/b11-10-. The Hall–Kier alpha value is -0.960. The van der Waals surface area contributed by atoms with E-state index >= 15 is 0 Å². The first-order valence-electron chi connectivity index (χ1n) is 12.8. The van der Waals surface area contributed by atoms with E-state index in [2.05, 4.69) is 23.3 Å². The number of rotatable bonds is 24. The fourth-order valence-corrected chi connectivity index (χ4v) is 4.44. The summed E-state index contributed by atoms with van der Waals surface area (Å²) in [5.74, 6) is -1.67. The fourth-order valence-electron chi connectivity index (χ4n) is 3.85. The van der Waals surface area contributed by atoms with Crippen LogP contribution >= 0.6 is 0 Å². The molecule has 196 valence electrons. The normalized spacial score (nSPS) is 14.0. The minimum atomic E-state index is -4.17. The van der Waals surface area contributed by atoms with Crippen molar-refractivity contribution in [2.45, 2.75) is 122 Å². The van der Waals surface area contributed by atoms with Gasteiger partial charge in [0.2, 0.25) is 0 Å². The van der Waals surface area contributed by atoms with Crippen LogP contribution in [0.3, 0.4) is 0 Å². The first-order chi connectivity index (χ1) is 15.9. The summed E-state index contributed by atoms with van der Waals surface area (Å²) in [4.78, 5) is 11.6. The number of carboxylic acid groups (broad SMARTS) is 1. The maximum Gasteiger partial charge on any atom is 0.399 e. The van der Waals surface area contributed by atoms with Crippen LogP contribution in [0.2, 0.25) is 0 Å². The highest BCUT2D eigenvalue weighted by atomic mass is 32.3. The number of hydrogen-bond donors (Lipinski definition) is 2. The quantitative estimate of drug-likeness (QED) is 0.123. The molecule has 0 aromatic rings. The third-order valence-corrected chi connectivity index (χ3v) is 6.79. The predicted molar refractivity (Wildman–Crippen MR) is 132 cm³/mol. The second-order valence-electron chi connectivity index (χ2n) is 8.80. The molecule has 0 heterocycles. The Kier molecular flexibility index (Phi) is 20.9. The molecule has 2 atom stereocenters. The lowest BCUT2D eigenvalue weighted by Crippen LogP contribution is -2.27. The Bertz CT molecular complexity index is 590. The van der Waals surface area contributed by atoms with Crippen LogP contribution in [0.25, 0.3) is 0 Å². The van der Waals surface area contributed by atoms with Gasteiger partial charge in [-0.3, -0.25) is 8.98 Å². The molecular formula is C25H48O7S. The maximum atomic E-state index is 11.6. The van der Waals surface area contributed by atoms with Crippen LogP contribution in [0.5, 0.6) is 0 Å². The smallest absolute Gasteiger partial charge is 0.399 e. The minimum Gasteiger partial charge on any atom is -0.481 e. The van der Waals surface area contributed by atoms with E-state index in [1.807, 2.05) is 0 Å². The van der Waals surface area contributed by atoms with Gasteiger partial charge in [0.25, 0.3) is 0 Å². The van der Waals surface area contributed by atoms with Crippen molar-refractivity contribution in [3.63, 3.8) is 0 Å². The zero-order valence-corrected chi connectivity index (χ0v) is 21.7. The average molecular weight is 493 g/mol. The maximum absolute atomic E-state index is 11.6. The molecular weight excluding hydrogens is 444 g/mol. The third-order valence-electron chi connectivity index (χ3n) is 5.87. The molecule has 0 radical (unpaired) electrons. The van der Waals surface area contributed by atoms with Gasteiger partial charge >= 0.3 is 16.4 Å². The molecule has 0 fully saturated rings. The Labute approximate surface area is 202 Å². The van der Waals surface area contributed by atoms with Crippen molar-refractivity contribution in [3.8, 4) is 0 Å². The van der Waals surface area contributed by atoms with Crippen molar-refractivity contribution in [1.82, 2.24) is 0 Å². The summed E-state index contributed by atoms with van der Waals surface area (Å²) < 4.78 is 32.1. The molecule has 0 bridgehead atoms. The van der Waals surface area contributed by atoms with Crippen molar-refractivity contribution >= 4 is 16.4 Å². The molecule has 0 amide bonds. The number of aliphatic hydroxyl groups excluding tert-OH is 1. The summed E-state index contributed by atoms with van der Waals surface area (Å²) in [6.45, 7) is 1.96. The van der Waals surface area contributed by atoms with Gasteiger partial charge in [0.15, 0.2) is 0 Å². The molecule has 0 aliphatic heterocycles. The molecule has 0 aliphatic rings. The predicted octanol–water partition coefficient (Wildman–Crippen LogP) is 6.16. The number of carbonyl (C=O) groups is 1. The molecule has 8 heteroatoms. The van der Waals surface area contributed by atoms with E-state index < -0.39 is 28.4 Å². The van der Waals surface area contributed by atoms with Gasteiger partial charge in [-0.15, -0.1) is 0 Å². The molecule has 0 rings (SSSR count). The van der Waals surface area contributed by atoms with E-state index in [0.717, 1.165) is 39.2 Å². The van der Waals surface area contributed by atoms with E-state index in [0.29, 0.717) is 6.42 Å². The van der Waals surface area contributed by atoms with Crippen molar-refractivity contribution in [1.29, 1.82) is 0 Å². The Morgan fingerprint density at radius 3 is 1.85 bits per heavy atom. The average Bonchev–Trinajstić information content (AvgIpc) is 2.77. The van der Waals surface area contributed by atoms with Crippen LogP contribution in [0.1, 0.15) is 116 Å². The van der Waals surface area contributed by atoms with Crippen LogP contribution in [-0.2, 0) is 23.6 Å². The molecule has 0 spiro atoms. The number of aliphatic carboxylic acids is 1. The summed E-state index contributed by atoms with van der Waals surface area (Å²) in [5.41, 5.74) is 0. The first kappa shape index (κ1) is 32.0. The number of allylic oxidation sites excluding steroid dienone is 2. The van der Waals surface area contributed by atoms with E-state index in [1.54, 1.807) is 0 Å². The zero-order chi connectivity index (χ0) is 24.8. The second-order valence-corrected chi connectivity index (χ2v) is 10.1. The molecule has 0 aliphatic carbocycles. The SMILES string of the molecule is CCCCCCCC/C=C\CCCCCCCCC(CC(CCO)OS(=O)(=O)OC)C(=O)O. The van der Waals surface area contributed by atoms with Gasteiger partial charge < -0.3 is 10.2 Å². The largest absolute Gasteiger partial charge is 0.481 e. The lowest BCUT2D eigenvalue weighted by atomic mass is 9.93. The molecule has 0 saturated heterocycles. The van der Waals surface area contributed by atoms with Crippen molar-refractivity contribution in [2.75, 3.05) is 13.7 Å². The highest BCUT2D eigenvalue weighted by molar-refractivity contribution is 7.81. The van der Waals surface area contributed by atoms with Gasteiger partial charge in [0, 0.05) is 6.61 Å². The summed E-state index contributed by atoms with van der Waals surface area (Å²) in [6.07, 6.45) is 20.9. The highest BCUT2D eigenvalue weighted by Gasteiger charge is 2.26. The lowest BCUT2D eigenvalue weighted by molar-refractivity contribution is -0.143. The third kappa shape index (κ3) is 20.2. The molecule has 0 aromatic carbocycles.